The molecule has 3 amide bonds. The summed E-state index contributed by atoms with van der Waals surface area (Å²) in [5.41, 5.74) is 10.9. The first kappa shape index (κ1) is 19.4. The zero-order valence-electron chi connectivity index (χ0n) is 15.1. The number of nitrogen functional groups attached to an aromatic ring is 1. The van der Waals surface area contributed by atoms with Crippen LogP contribution in [-0.4, -0.2) is 40.2 Å². The highest BCUT2D eigenvalue weighted by Crippen LogP contribution is 2.31. The second-order valence-corrected chi connectivity index (χ2v) is 7.20. The van der Waals surface area contributed by atoms with Crippen molar-refractivity contribution >= 4 is 29.4 Å². The van der Waals surface area contributed by atoms with Gasteiger partial charge in [-0.15, -0.1) is 0 Å². The molecule has 0 saturated carbocycles. The number of fused-ring (bicyclic) bond motifs is 1. The molecule has 1 aromatic carbocycles. The van der Waals surface area contributed by atoms with Crippen LogP contribution < -0.4 is 11.5 Å². The monoisotopic (exact) mass is 361 g/mol. The molecule has 1 heterocycles. The van der Waals surface area contributed by atoms with E-state index < -0.39 is 35.3 Å². The molecular weight excluding hydrogens is 338 g/mol. The van der Waals surface area contributed by atoms with Gasteiger partial charge in [-0.1, -0.05) is 6.07 Å². The molecule has 0 fully saturated rings. The van der Waals surface area contributed by atoms with Gasteiger partial charge in [0.1, 0.15) is 5.60 Å². The van der Waals surface area contributed by atoms with Crippen LogP contribution >= 0.6 is 0 Å². The van der Waals surface area contributed by atoms with E-state index >= 15 is 0 Å². The lowest BCUT2D eigenvalue weighted by atomic mass is 10.1. The molecule has 0 aliphatic carbocycles. The van der Waals surface area contributed by atoms with E-state index in [1.807, 2.05) is 0 Å². The number of carbonyl (C=O) groups excluding carboxylic acids is 4. The number of rotatable bonds is 6. The summed E-state index contributed by atoms with van der Waals surface area (Å²) in [4.78, 5) is 49.7. The molecule has 8 heteroatoms. The van der Waals surface area contributed by atoms with Crippen LogP contribution in [0, 0.1) is 0 Å². The highest BCUT2D eigenvalue weighted by Gasteiger charge is 2.41. The summed E-state index contributed by atoms with van der Waals surface area (Å²) in [6.07, 6.45) is -0.227. The predicted octanol–water partition coefficient (Wildman–Crippen LogP) is 1.23. The minimum absolute atomic E-state index is 0.0574. The Labute approximate surface area is 151 Å². The van der Waals surface area contributed by atoms with Crippen molar-refractivity contribution in [1.29, 1.82) is 0 Å². The van der Waals surface area contributed by atoms with Crippen LogP contribution in [0.5, 0.6) is 0 Å². The first-order chi connectivity index (χ1) is 12.0. The van der Waals surface area contributed by atoms with Crippen molar-refractivity contribution in [2.75, 3.05) is 5.73 Å². The molecule has 1 aliphatic heterocycles. The van der Waals surface area contributed by atoms with Crippen LogP contribution in [-0.2, 0) is 14.3 Å². The fourth-order valence-corrected chi connectivity index (χ4v) is 2.89. The summed E-state index contributed by atoms with van der Waals surface area (Å²) < 4.78 is 5.23. The molecule has 26 heavy (non-hydrogen) atoms. The molecule has 140 valence electrons. The first-order valence-corrected chi connectivity index (χ1v) is 8.28. The minimum atomic E-state index is -0.841. The molecule has 1 aromatic rings. The van der Waals surface area contributed by atoms with Crippen LogP contribution in [0.15, 0.2) is 18.2 Å². The Hall–Kier alpha value is -2.90. The Balaban J connectivity index is 2.21. The summed E-state index contributed by atoms with van der Waals surface area (Å²) in [7, 11) is 0. The number of benzene rings is 1. The van der Waals surface area contributed by atoms with Crippen LogP contribution in [0.2, 0.25) is 0 Å². The highest BCUT2D eigenvalue weighted by molar-refractivity contribution is 6.23. The summed E-state index contributed by atoms with van der Waals surface area (Å²) in [5, 5.41) is 0. The van der Waals surface area contributed by atoms with Gasteiger partial charge >= 0.3 is 5.97 Å². The molecule has 8 nitrogen and oxygen atoms in total. The summed E-state index contributed by atoms with van der Waals surface area (Å²) in [6, 6.07) is 3.76. The van der Waals surface area contributed by atoms with Gasteiger partial charge in [-0.2, -0.15) is 0 Å². The van der Waals surface area contributed by atoms with Crippen molar-refractivity contribution < 1.29 is 23.9 Å². The number of ether oxygens (including phenoxy) is 1. The van der Waals surface area contributed by atoms with Gasteiger partial charge in [-0.05, 0) is 39.3 Å². The van der Waals surface area contributed by atoms with Gasteiger partial charge in [0, 0.05) is 24.6 Å². The maximum absolute atomic E-state index is 12.7. The number of hydrogen-bond donors (Lipinski definition) is 2. The number of nitrogens with zero attached hydrogens (tertiary/aromatic N) is 1. The van der Waals surface area contributed by atoms with Crippen molar-refractivity contribution in [2.45, 2.75) is 51.7 Å². The van der Waals surface area contributed by atoms with Crippen LogP contribution in [0.4, 0.5) is 5.69 Å². The smallest absolute Gasteiger partial charge is 0.306 e. The number of primary amides is 1. The number of nitrogens with two attached hydrogens (primary N) is 2. The molecule has 1 aliphatic rings. The maximum Gasteiger partial charge on any atom is 0.306 e. The molecule has 0 spiro atoms. The van der Waals surface area contributed by atoms with Gasteiger partial charge < -0.3 is 16.2 Å². The van der Waals surface area contributed by atoms with Gasteiger partial charge in [0.2, 0.25) is 5.91 Å². The highest BCUT2D eigenvalue weighted by atomic mass is 16.6. The molecule has 1 atom stereocenters. The Bertz CT molecular complexity index is 767. The van der Waals surface area contributed by atoms with Gasteiger partial charge in [0.15, 0.2) is 0 Å². The summed E-state index contributed by atoms with van der Waals surface area (Å²) in [5.74, 6) is -2.29. The summed E-state index contributed by atoms with van der Waals surface area (Å²) >= 11 is 0. The van der Waals surface area contributed by atoms with E-state index in [9.17, 15) is 19.2 Å². The van der Waals surface area contributed by atoms with E-state index in [0.717, 1.165) is 4.90 Å². The molecule has 0 saturated heterocycles. The third kappa shape index (κ3) is 4.19. The second-order valence-electron chi connectivity index (χ2n) is 7.20. The van der Waals surface area contributed by atoms with Crippen molar-refractivity contribution in [3.63, 3.8) is 0 Å². The Kier molecular flexibility index (Phi) is 5.34. The topological polar surface area (TPSA) is 133 Å². The fourth-order valence-electron chi connectivity index (χ4n) is 2.89. The normalized spacial score (nSPS) is 15.0. The largest absolute Gasteiger partial charge is 0.460 e. The number of amides is 3. The Morgan fingerprint density at radius 1 is 1.19 bits per heavy atom. The molecule has 2 rings (SSSR count). The third-order valence-electron chi connectivity index (χ3n) is 3.88. The van der Waals surface area contributed by atoms with Gasteiger partial charge in [0.25, 0.3) is 11.8 Å². The molecule has 0 bridgehead atoms. The molecule has 0 radical (unpaired) electrons. The predicted molar refractivity (Wildman–Crippen MR) is 94.0 cm³/mol. The van der Waals surface area contributed by atoms with E-state index in [-0.39, 0.29) is 36.1 Å². The number of imide groups is 1. The zero-order valence-corrected chi connectivity index (χ0v) is 15.1. The number of carbonyl (C=O) groups is 4. The van der Waals surface area contributed by atoms with Gasteiger partial charge in [-0.25, -0.2) is 0 Å². The van der Waals surface area contributed by atoms with E-state index in [1.54, 1.807) is 26.8 Å². The Morgan fingerprint density at radius 3 is 2.38 bits per heavy atom. The zero-order chi connectivity index (χ0) is 19.6. The summed E-state index contributed by atoms with van der Waals surface area (Å²) in [6.45, 7) is 5.20. The van der Waals surface area contributed by atoms with Crippen molar-refractivity contribution in [2.24, 2.45) is 5.73 Å². The molecular formula is C18H23N3O5. The number of anilines is 1. The number of hydrogen-bond acceptors (Lipinski definition) is 6. The van der Waals surface area contributed by atoms with E-state index in [1.165, 1.54) is 12.1 Å². The number of esters is 1. The first-order valence-electron chi connectivity index (χ1n) is 8.28. The van der Waals surface area contributed by atoms with Gasteiger partial charge in [0.05, 0.1) is 11.1 Å². The van der Waals surface area contributed by atoms with Crippen LogP contribution in [0.3, 0.4) is 0 Å². The average Bonchev–Trinajstić information content (AvgIpc) is 2.74. The molecule has 1 unspecified atom stereocenters. The average molecular weight is 361 g/mol. The minimum Gasteiger partial charge on any atom is -0.460 e. The van der Waals surface area contributed by atoms with E-state index in [2.05, 4.69) is 0 Å². The van der Waals surface area contributed by atoms with Crippen molar-refractivity contribution in [3.05, 3.63) is 29.3 Å². The van der Waals surface area contributed by atoms with Crippen LogP contribution in [0.25, 0.3) is 0 Å². The molecule has 4 N–H and O–H groups in total. The maximum atomic E-state index is 12.7. The van der Waals surface area contributed by atoms with Crippen LogP contribution in [0.1, 0.15) is 60.7 Å². The Morgan fingerprint density at radius 2 is 1.85 bits per heavy atom. The lowest BCUT2D eigenvalue weighted by Gasteiger charge is -2.26. The SMILES string of the molecule is CC(C)(C)OC(=O)CCC(CC(N)=O)N1C(=O)c2cccc(N)c2C1=O. The van der Waals surface area contributed by atoms with Gasteiger partial charge in [-0.3, -0.25) is 24.1 Å². The third-order valence-corrected chi connectivity index (χ3v) is 3.88. The fraction of sp³-hybridized carbons (Fsp3) is 0.444. The lowest BCUT2D eigenvalue weighted by molar-refractivity contribution is -0.155. The standard InChI is InChI=1S/C18H23N3O5/c1-18(2,3)26-14(23)8-7-10(9-13(20)22)21-16(24)11-5-4-6-12(19)15(11)17(21)25/h4-6,10H,7-9,19H2,1-3H3,(H2,20,22). The van der Waals surface area contributed by atoms with E-state index in [0.29, 0.717) is 0 Å². The lowest BCUT2D eigenvalue weighted by Crippen LogP contribution is -2.42. The van der Waals surface area contributed by atoms with Crippen molar-refractivity contribution in [1.82, 2.24) is 4.90 Å². The second kappa shape index (κ2) is 7.15. The van der Waals surface area contributed by atoms with E-state index in [4.69, 9.17) is 16.2 Å². The molecule has 0 aromatic heterocycles. The van der Waals surface area contributed by atoms with Crippen molar-refractivity contribution in [3.8, 4) is 0 Å². The quantitative estimate of drug-likeness (QED) is 0.445.